The number of esters is 1. The fraction of sp³-hybridized carbons (Fsp3) is 0.304. The molecule has 1 N–H and O–H groups in total. The van der Waals surface area contributed by atoms with Gasteiger partial charge in [0.1, 0.15) is 11.4 Å². The van der Waals surface area contributed by atoms with Gasteiger partial charge in [0.05, 0.1) is 35.1 Å². The van der Waals surface area contributed by atoms with Crippen LogP contribution in [0.15, 0.2) is 36.5 Å². The molecule has 0 saturated heterocycles. The summed E-state index contributed by atoms with van der Waals surface area (Å²) in [6.45, 7) is 7.41. The molecule has 4 rings (SSSR count). The predicted octanol–water partition coefficient (Wildman–Crippen LogP) is 4.59. The number of anilines is 2. The summed E-state index contributed by atoms with van der Waals surface area (Å²) >= 11 is 0. The summed E-state index contributed by atoms with van der Waals surface area (Å²) in [7, 11) is 1.59. The van der Waals surface area contributed by atoms with Gasteiger partial charge in [-0.15, -0.1) is 0 Å². The Morgan fingerprint density at radius 3 is 2.70 bits per heavy atom. The van der Waals surface area contributed by atoms with E-state index < -0.39 is 11.0 Å². The zero-order valence-electron chi connectivity index (χ0n) is 17.5. The van der Waals surface area contributed by atoms with E-state index in [4.69, 9.17) is 9.47 Å². The van der Waals surface area contributed by atoms with Crippen molar-refractivity contribution >= 4 is 28.5 Å². The summed E-state index contributed by atoms with van der Waals surface area (Å²) < 4.78 is 10.9. The van der Waals surface area contributed by atoms with Crippen LogP contribution in [-0.2, 0) is 15.8 Å². The minimum atomic E-state index is -0.731. The molecule has 0 spiro atoms. The van der Waals surface area contributed by atoms with Gasteiger partial charge in [0.2, 0.25) is 5.95 Å². The smallest absolute Gasteiger partial charge is 0.339 e. The van der Waals surface area contributed by atoms with Gasteiger partial charge in [-0.05, 0) is 57.5 Å². The number of rotatable bonds is 4. The number of benzene rings is 2. The van der Waals surface area contributed by atoms with Gasteiger partial charge < -0.3 is 14.8 Å². The van der Waals surface area contributed by atoms with Crippen LogP contribution < -0.4 is 10.1 Å². The highest BCUT2D eigenvalue weighted by atomic mass is 16.6. The summed E-state index contributed by atoms with van der Waals surface area (Å²) in [5.41, 5.74) is 2.14. The van der Waals surface area contributed by atoms with E-state index in [9.17, 15) is 10.1 Å². The molecule has 0 amide bonds. The van der Waals surface area contributed by atoms with E-state index in [-0.39, 0.29) is 5.97 Å². The number of nitrogens with zero attached hydrogens (tertiary/aromatic N) is 3. The number of cyclic esters (lactones) is 1. The Kier molecular flexibility index (Phi) is 4.39. The highest BCUT2D eigenvalue weighted by molar-refractivity contribution is 5.95. The number of carbonyl (C=O) groups is 1. The van der Waals surface area contributed by atoms with E-state index in [1.165, 1.54) is 0 Å². The third kappa shape index (κ3) is 3.11. The van der Waals surface area contributed by atoms with Crippen molar-refractivity contribution in [3.63, 3.8) is 0 Å². The number of methoxy groups -OCH3 is 1. The molecule has 152 valence electrons. The molecule has 30 heavy (non-hydrogen) atoms. The van der Waals surface area contributed by atoms with Crippen molar-refractivity contribution < 1.29 is 14.3 Å². The number of nitrogens with one attached hydrogen (secondary N) is 1. The van der Waals surface area contributed by atoms with E-state index in [1.807, 2.05) is 45.9 Å². The van der Waals surface area contributed by atoms with Crippen molar-refractivity contribution in [2.75, 3.05) is 12.4 Å². The average Bonchev–Trinajstić information content (AvgIpc) is 2.95. The van der Waals surface area contributed by atoms with Crippen molar-refractivity contribution in [2.45, 2.75) is 38.7 Å². The maximum absolute atomic E-state index is 12.0. The first-order chi connectivity index (χ1) is 14.2. The molecule has 1 aliphatic rings. The first-order valence-electron chi connectivity index (χ1n) is 9.56. The van der Waals surface area contributed by atoms with Crippen molar-refractivity contribution in [1.82, 2.24) is 9.97 Å². The predicted molar refractivity (Wildman–Crippen MR) is 113 cm³/mol. The fourth-order valence-electron chi connectivity index (χ4n) is 3.67. The van der Waals surface area contributed by atoms with Gasteiger partial charge in [0, 0.05) is 17.4 Å². The Labute approximate surface area is 174 Å². The lowest BCUT2D eigenvalue weighted by atomic mass is 9.85. The lowest BCUT2D eigenvalue weighted by molar-refractivity contribution is 0.00955. The SMILES string of the molecule is COc1ccc(C(C)(C)C#N)c2nc(Nc3ccc4c(c3)C(C)(C)OC4=O)ncc12. The molecule has 0 bridgehead atoms. The molecule has 2 aromatic carbocycles. The first kappa shape index (κ1) is 19.6. The first-order valence-corrected chi connectivity index (χ1v) is 9.56. The third-order valence-corrected chi connectivity index (χ3v) is 5.38. The quantitative estimate of drug-likeness (QED) is 0.638. The molecular formula is C23H22N4O3. The van der Waals surface area contributed by atoms with Gasteiger partial charge in [0.25, 0.3) is 0 Å². The van der Waals surface area contributed by atoms with Crippen LogP contribution >= 0.6 is 0 Å². The number of carbonyl (C=O) groups excluding carboxylic acids is 1. The summed E-state index contributed by atoms with van der Waals surface area (Å²) in [5.74, 6) is 0.705. The Bertz CT molecular complexity index is 1230. The van der Waals surface area contributed by atoms with E-state index in [1.54, 1.807) is 25.4 Å². The molecule has 1 aliphatic heterocycles. The molecule has 0 radical (unpaired) electrons. The second kappa shape index (κ2) is 6.70. The molecular weight excluding hydrogens is 380 g/mol. The Morgan fingerprint density at radius 2 is 2.00 bits per heavy atom. The number of fused-ring (bicyclic) bond motifs is 2. The van der Waals surface area contributed by atoms with Crippen LogP contribution in [0.2, 0.25) is 0 Å². The van der Waals surface area contributed by atoms with E-state index in [2.05, 4.69) is 21.4 Å². The molecule has 0 aliphatic carbocycles. The van der Waals surface area contributed by atoms with Crippen LogP contribution in [0.5, 0.6) is 5.75 Å². The number of ether oxygens (including phenoxy) is 2. The Balaban J connectivity index is 1.79. The molecule has 7 nitrogen and oxygen atoms in total. The normalized spacial score (nSPS) is 14.7. The monoisotopic (exact) mass is 402 g/mol. The Hall–Kier alpha value is -3.66. The van der Waals surface area contributed by atoms with Crippen molar-refractivity contribution in [3.05, 3.63) is 53.2 Å². The molecule has 7 heteroatoms. The highest BCUT2D eigenvalue weighted by Crippen LogP contribution is 2.38. The van der Waals surface area contributed by atoms with Crippen LogP contribution in [0.3, 0.4) is 0 Å². The van der Waals surface area contributed by atoms with Gasteiger partial charge in [-0.25, -0.2) is 14.8 Å². The van der Waals surface area contributed by atoms with Crippen LogP contribution in [0.25, 0.3) is 10.9 Å². The Morgan fingerprint density at radius 1 is 1.23 bits per heavy atom. The summed E-state index contributed by atoms with van der Waals surface area (Å²) in [6, 6.07) is 11.4. The summed E-state index contributed by atoms with van der Waals surface area (Å²) in [4.78, 5) is 21.1. The summed E-state index contributed by atoms with van der Waals surface area (Å²) in [6.07, 6.45) is 1.68. The lowest BCUT2D eigenvalue weighted by Crippen LogP contribution is -2.16. The maximum Gasteiger partial charge on any atom is 0.339 e. The molecule has 0 atom stereocenters. The lowest BCUT2D eigenvalue weighted by Gasteiger charge is -2.19. The zero-order chi connectivity index (χ0) is 21.7. The molecule has 0 unspecified atom stereocenters. The molecule has 3 aromatic rings. The largest absolute Gasteiger partial charge is 0.496 e. The second-order valence-electron chi connectivity index (χ2n) is 8.29. The number of hydrogen-bond donors (Lipinski definition) is 1. The minimum absolute atomic E-state index is 0.320. The third-order valence-electron chi connectivity index (χ3n) is 5.38. The molecule has 1 aromatic heterocycles. The second-order valence-corrected chi connectivity index (χ2v) is 8.29. The van der Waals surface area contributed by atoms with Gasteiger partial charge in [-0.3, -0.25) is 0 Å². The van der Waals surface area contributed by atoms with Gasteiger partial charge >= 0.3 is 5.97 Å². The van der Waals surface area contributed by atoms with Crippen molar-refractivity contribution in [2.24, 2.45) is 0 Å². The van der Waals surface area contributed by atoms with Gasteiger partial charge in [-0.2, -0.15) is 5.26 Å². The average molecular weight is 402 g/mol. The summed E-state index contributed by atoms with van der Waals surface area (Å²) in [5, 5.41) is 13.6. The van der Waals surface area contributed by atoms with Gasteiger partial charge in [0.15, 0.2) is 0 Å². The van der Waals surface area contributed by atoms with E-state index >= 15 is 0 Å². The number of nitriles is 1. The molecule has 0 fully saturated rings. The standard InChI is InChI=1S/C23H22N4O3/c1-22(2,12-24)16-8-9-18(29-5)15-11-25-21(27-19(15)16)26-13-6-7-14-17(10-13)23(3,4)30-20(14)28/h6-11H,1-5H3,(H,25,26,27). The van der Waals surface area contributed by atoms with Crippen LogP contribution in [0.4, 0.5) is 11.6 Å². The van der Waals surface area contributed by atoms with E-state index in [0.29, 0.717) is 22.8 Å². The van der Waals surface area contributed by atoms with Crippen molar-refractivity contribution in [3.8, 4) is 11.8 Å². The molecule has 2 heterocycles. The highest BCUT2D eigenvalue weighted by Gasteiger charge is 2.37. The zero-order valence-corrected chi connectivity index (χ0v) is 17.5. The van der Waals surface area contributed by atoms with E-state index in [0.717, 1.165) is 22.2 Å². The fourth-order valence-corrected chi connectivity index (χ4v) is 3.67. The minimum Gasteiger partial charge on any atom is -0.496 e. The molecule has 0 saturated carbocycles. The maximum atomic E-state index is 12.0. The van der Waals surface area contributed by atoms with Crippen LogP contribution in [0.1, 0.15) is 49.2 Å². The van der Waals surface area contributed by atoms with Gasteiger partial charge in [-0.1, -0.05) is 6.07 Å². The van der Waals surface area contributed by atoms with Crippen LogP contribution in [0, 0.1) is 11.3 Å². The number of aromatic nitrogens is 2. The topological polar surface area (TPSA) is 97.1 Å². The number of hydrogen-bond acceptors (Lipinski definition) is 7. The van der Waals surface area contributed by atoms with Crippen LogP contribution in [-0.4, -0.2) is 23.0 Å². The van der Waals surface area contributed by atoms with Crippen molar-refractivity contribution in [1.29, 1.82) is 5.26 Å².